The second-order valence-electron chi connectivity index (χ2n) is 3.14. The predicted molar refractivity (Wildman–Crippen MR) is 52.6 cm³/mol. The lowest BCUT2D eigenvalue weighted by atomic mass is 10.2. The number of carbonyl (C=O) groups excluding carboxylic acids is 1. The van der Waals surface area contributed by atoms with Gasteiger partial charge in [-0.05, 0) is 12.5 Å². The number of rotatable bonds is 7. The van der Waals surface area contributed by atoms with Crippen LogP contribution in [0.2, 0.25) is 0 Å². The minimum absolute atomic E-state index is 0.0461. The van der Waals surface area contributed by atoms with E-state index in [0.29, 0.717) is 25.6 Å². The van der Waals surface area contributed by atoms with E-state index in [1.807, 2.05) is 13.8 Å². The first-order valence-corrected chi connectivity index (χ1v) is 4.67. The molecule has 0 saturated heterocycles. The fraction of sp³-hybridized carbons (Fsp3) is 0.889. The topological polar surface area (TPSA) is 50.4 Å². The summed E-state index contributed by atoms with van der Waals surface area (Å²) in [7, 11) is 1.66. The lowest BCUT2D eigenvalue weighted by Crippen LogP contribution is -2.36. The molecule has 1 amide bonds. The van der Waals surface area contributed by atoms with Gasteiger partial charge in [0.05, 0.1) is 13.2 Å². The van der Waals surface area contributed by atoms with Crippen LogP contribution < -0.4 is 10.6 Å². The van der Waals surface area contributed by atoms with Crippen LogP contribution in [0.15, 0.2) is 0 Å². The van der Waals surface area contributed by atoms with E-state index >= 15 is 0 Å². The molecule has 0 radical (unpaired) electrons. The molecule has 0 saturated carbocycles. The molecule has 0 fully saturated rings. The third kappa shape index (κ3) is 7.74. The molecule has 0 aliphatic heterocycles. The molecule has 4 heteroatoms. The van der Waals surface area contributed by atoms with E-state index in [1.54, 1.807) is 7.11 Å². The van der Waals surface area contributed by atoms with E-state index in [0.717, 1.165) is 6.54 Å². The van der Waals surface area contributed by atoms with Gasteiger partial charge >= 0.3 is 0 Å². The van der Waals surface area contributed by atoms with Gasteiger partial charge in [-0.1, -0.05) is 13.8 Å². The quantitative estimate of drug-likeness (QED) is 0.591. The molecule has 2 N–H and O–H groups in total. The van der Waals surface area contributed by atoms with Gasteiger partial charge in [-0.2, -0.15) is 0 Å². The van der Waals surface area contributed by atoms with Crippen LogP contribution in [-0.4, -0.2) is 39.3 Å². The molecule has 78 valence electrons. The number of hydrogen-bond donors (Lipinski definition) is 2. The fourth-order valence-corrected chi connectivity index (χ4v) is 0.933. The number of methoxy groups -OCH3 is 1. The second kappa shape index (κ2) is 8.01. The lowest BCUT2D eigenvalue weighted by molar-refractivity contribution is -0.120. The van der Waals surface area contributed by atoms with E-state index in [2.05, 4.69) is 10.6 Å². The first-order valence-electron chi connectivity index (χ1n) is 4.67. The molecule has 0 aromatic carbocycles. The van der Waals surface area contributed by atoms with Crippen molar-refractivity contribution in [3.05, 3.63) is 0 Å². The highest BCUT2D eigenvalue weighted by molar-refractivity contribution is 5.77. The Hall–Kier alpha value is -0.610. The second-order valence-corrected chi connectivity index (χ2v) is 3.14. The maximum atomic E-state index is 11.1. The number of likely N-dealkylation sites (N-methyl/N-ethyl adjacent to an activating group) is 1. The Balaban J connectivity index is 3.34. The molecule has 0 aliphatic rings. The van der Waals surface area contributed by atoms with Crippen molar-refractivity contribution in [2.24, 2.45) is 5.92 Å². The lowest BCUT2D eigenvalue weighted by Gasteiger charge is -2.11. The SMILES string of the molecule is CCNCC(=O)NCC(C)COC. The van der Waals surface area contributed by atoms with Crippen molar-refractivity contribution in [1.29, 1.82) is 0 Å². The van der Waals surface area contributed by atoms with Gasteiger partial charge in [0, 0.05) is 13.7 Å². The van der Waals surface area contributed by atoms with Crippen molar-refractivity contribution in [1.82, 2.24) is 10.6 Å². The molecule has 0 bridgehead atoms. The van der Waals surface area contributed by atoms with Crippen LogP contribution in [-0.2, 0) is 9.53 Å². The first-order chi connectivity index (χ1) is 6.20. The molecule has 13 heavy (non-hydrogen) atoms. The molecule has 1 unspecified atom stereocenters. The van der Waals surface area contributed by atoms with Crippen molar-refractivity contribution in [3.8, 4) is 0 Å². The van der Waals surface area contributed by atoms with E-state index in [1.165, 1.54) is 0 Å². The Morgan fingerprint density at radius 3 is 2.77 bits per heavy atom. The summed E-state index contributed by atoms with van der Waals surface area (Å²) in [6.07, 6.45) is 0. The summed E-state index contributed by atoms with van der Waals surface area (Å²) in [5.74, 6) is 0.417. The molecular formula is C9H20N2O2. The molecule has 0 heterocycles. The van der Waals surface area contributed by atoms with Crippen LogP contribution in [0, 0.1) is 5.92 Å². The van der Waals surface area contributed by atoms with Crippen molar-refractivity contribution >= 4 is 5.91 Å². The zero-order valence-electron chi connectivity index (χ0n) is 8.72. The van der Waals surface area contributed by atoms with Gasteiger partial charge in [0.25, 0.3) is 0 Å². The van der Waals surface area contributed by atoms with Gasteiger partial charge in [0.2, 0.25) is 5.91 Å². The predicted octanol–water partition coefficient (Wildman–Crippen LogP) is -0.00540. The van der Waals surface area contributed by atoms with Gasteiger partial charge in [-0.3, -0.25) is 4.79 Å². The summed E-state index contributed by atoms with van der Waals surface area (Å²) in [4.78, 5) is 11.1. The summed E-state index contributed by atoms with van der Waals surface area (Å²) in [6, 6.07) is 0. The Labute approximate surface area is 80.0 Å². The largest absolute Gasteiger partial charge is 0.384 e. The van der Waals surface area contributed by atoms with Gasteiger partial charge in [-0.25, -0.2) is 0 Å². The average Bonchev–Trinajstić information content (AvgIpc) is 2.12. The molecule has 4 nitrogen and oxygen atoms in total. The van der Waals surface area contributed by atoms with Gasteiger partial charge in [0.15, 0.2) is 0 Å². The van der Waals surface area contributed by atoms with Gasteiger partial charge in [0.1, 0.15) is 0 Å². The molecule has 0 aromatic rings. The van der Waals surface area contributed by atoms with Crippen LogP contribution in [0.4, 0.5) is 0 Å². The average molecular weight is 188 g/mol. The maximum absolute atomic E-state index is 11.1. The summed E-state index contributed by atoms with van der Waals surface area (Å²) >= 11 is 0. The van der Waals surface area contributed by atoms with Crippen LogP contribution in [0.5, 0.6) is 0 Å². The summed E-state index contributed by atoms with van der Waals surface area (Å²) in [6.45, 7) is 6.59. The summed E-state index contributed by atoms with van der Waals surface area (Å²) in [5, 5.41) is 5.78. The molecule has 1 atom stereocenters. The van der Waals surface area contributed by atoms with E-state index in [-0.39, 0.29) is 5.91 Å². The van der Waals surface area contributed by atoms with E-state index in [9.17, 15) is 4.79 Å². The third-order valence-corrected chi connectivity index (χ3v) is 1.63. The van der Waals surface area contributed by atoms with E-state index in [4.69, 9.17) is 4.74 Å². The van der Waals surface area contributed by atoms with Crippen molar-refractivity contribution < 1.29 is 9.53 Å². The molecule has 0 spiro atoms. The van der Waals surface area contributed by atoms with Gasteiger partial charge < -0.3 is 15.4 Å². The highest BCUT2D eigenvalue weighted by Crippen LogP contribution is 1.91. The van der Waals surface area contributed by atoms with Crippen LogP contribution in [0.3, 0.4) is 0 Å². The minimum Gasteiger partial charge on any atom is -0.384 e. The highest BCUT2D eigenvalue weighted by atomic mass is 16.5. The Morgan fingerprint density at radius 1 is 1.54 bits per heavy atom. The summed E-state index contributed by atoms with van der Waals surface area (Å²) in [5.41, 5.74) is 0. The van der Waals surface area contributed by atoms with E-state index < -0.39 is 0 Å². The smallest absolute Gasteiger partial charge is 0.233 e. The van der Waals surface area contributed by atoms with Crippen LogP contribution in [0.1, 0.15) is 13.8 Å². The number of ether oxygens (including phenoxy) is 1. The maximum Gasteiger partial charge on any atom is 0.233 e. The van der Waals surface area contributed by atoms with Crippen LogP contribution in [0.25, 0.3) is 0 Å². The molecule has 0 aliphatic carbocycles. The monoisotopic (exact) mass is 188 g/mol. The minimum atomic E-state index is 0.0461. The number of carbonyl (C=O) groups is 1. The zero-order valence-corrected chi connectivity index (χ0v) is 8.72. The Kier molecular flexibility index (Phi) is 7.63. The summed E-state index contributed by atoms with van der Waals surface area (Å²) < 4.78 is 4.95. The number of amides is 1. The molecule has 0 aromatic heterocycles. The fourth-order valence-electron chi connectivity index (χ4n) is 0.933. The van der Waals surface area contributed by atoms with Crippen LogP contribution >= 0.6 is 0 Å². The standard InChI is InChI=1S/C9H20N2O2/c1-4-10-6-9(12)11-5-8(2)7-13-3/h8,10H,4-7H2,1-3H3,(H,11,12). The normalized spacial score (nSPS) is 12.5. The highest BCUT2D eigenvalue weighted by Gasteiger charge is 2.03. The van der Waals surface area contributed by atoms with Gasteiger partial charge in [-0.15, -0.1) is 0 Å². The number of nitrogens with one attached hydrogen (secondary N) is 2. The Bertz CT molecular complexity index is 140. The molecular weight excluding hydrogens is 168 g/mol. The first kappa shape index (κ1) is 12.4. The Morgan fingerprint density at radius 2 is 2.23 bits per heavy atom. The van der Waals surface area contributed by atoms with Crippen molar-refractivity contribution in [2.45, 2.75) is 13.8 Å². The zero-order chi connectivity index (χ0) is 10.1. The van der Waals surface area contributed by atoms with Crippen molar-refractivity contribution in [3.63, 3.8) is 0 Å². The third-order valence-electron chi connectivity index (χ3n) is 1.63. The van der Waals surface area contributed by atoms with Crippen molar-refractivity contribution in [2.75, 3.05) is 33.4 Å². The molecule has 0 rings (SSSR count). The number of hydrogen-bond acceptors (Lipinski definition) is 3.